The highest BCUT2D eigenvalue weighted by molar-refractivity contribution is 6.32. The van der Waals surface area contributed by atoms with Gasteiger partial charge in [0.15, 0.2) is 0 Å². The molecule has 1 fully saturated rings. The van der Waals surface area contributed by atoms with Gasteiger partial charge in [0.2, 0.25) is 11.8 Å². The van der Waals surface area contributed by atoms with Gasteiger partial charge >= 0.3 is 6.03 Å². The maximum atomic E-state index is 12.9. The number of rotatable bonds is 5. The Morgan fingerprint density at radius 2 is 2.03 bits per heavy atom. The van der Waals surface area contributed by atoms with Gasteiger partial charge in [0.25, 0.3) is 5.91 Å². The number of halogens is 1. The molecule has 2 aromatic rings. The summed E-state index contributed by atoms with van der Waals surface area (Å²) in [6.45, 7) is 0.515. The summed E-state index contributed by atoms with van der Waals surface area (Å²) < 4.78 is 5.08. The smallest absolute Gasteiger partial charge is 0.319 e. The van der Waals surface area contributed by atoms with Crippen molar-refractivity contribution in [2.45, 2.75) is 32.0 Å². The Balaban J connectivity index is 1.37. The van der Waals surface area contributed by atoms with Gasteiger partial charge < -0.3 is 20.3 Å². The average Bonchev–Trinajstić information content (AvgIpc) is 3.08. The molecule has 5 amide bonds. The lowest BCUT2D eigenvalue weighted by Crippen LogP contribution is -2.52. The average molecular weight is 457 g/mol. The summed E-state index contributed by atoms with van der Waals surface area (Å²) in [7, 11) is 1.51. The van der Waals surface area contributed by atoms with Crippen LogP contribution in [0.5, 0.6) is 5.75 Å². The number of carbonyl (C=O) groups is 4. The van der Waals surface area contributed by atoms with Gasteiger partial charge in [-0.25, -0.2) is 4.79 Å². The van der Waals surface area contributed by atoms with E-state index in [1.807, 2.05) is 12.1 Å². The van der Waals surface area contributed by atoms with E-state index in [0.29, 0.717) is 35.0 Å². The molecule has 10 heteroatoms. The summed E-state index contributed by atoms with van der Waals surface area (Å²) >= 11 is 6.06. The van der Waals surface area contributed by atoms with E-state index in [1.165, 1.54) is 12.0 Å². The zero-order valence-electron chi connectivity index (χ0n) is 17.2. The van der Waals surface area contributed by atoms with E-state index in [2.05, 4.69) is 16.0 Å². The summed E-state index contributed by atoms with van der Waals surface area (Å²) in [6, 6.07) is 9.17. The Morgan fingerprint density at radius 3 is 2.75 bits per heavy atom. The zero-order valence-corrected chi connectivity index (χ0v) is 18.0. The molecular formula is C22H21ClN4O5. The lowest BCUT2D eigenvalue weighted by molar-refractivity contribution is -0.136. The van der Waals surface area contributed by atoms with Crippen LogP contribution in [0.4, 0.5) is 10.5 Å². The molecule has 0 radical (unpaired) electrons. The Morgan fingerprint density at radius 1 is 1.22 bits per heavy atom. The first-order valence-electron chi connectivity index (χ1n) is 10.0. The van der Waals surface area contributed by atoms with Crippen molar-refractivity contribution in [2.75, 3.05) is 12.4 Å². The zero-order chi connectivity index (χ0) is 22.8. The number of hydrogen-bond donors (Lipinski definition) is 3. The van der Waals surface area contributed by atoms with Gasteiger partial charge in [-0.15, -0.1) is 0 Å². The molecule has 0 spiro atoms. The number of urea groups is 1. The first-order chi connectivity index (χ1) is 15.4. The maximum absolute atomic E-state index is 12.9. The van der Waals surface area contributed by atoms with Crippen molar-refractivity contribution < 1.29 is 23.9 Å². The normalized spacial score (nSPS) is 17.6. The highest BCUT2D eigenvalue weighted by Crippen LogP contribution is 2.29. The van der Waals surface area contributed by atoms with Crippen LogP contribution in [-0.2, 0) is 22.7 Å². The molecule has 32 heavy (non-hydrogen) atoms. The molecule has 1 unspecified atom stereocenters. The molecule has 1 atom stereocenters. The Bertz CT molecular complexity index is 1120. The van der Waals surface area contributed by atoms with Crippen LogP contribution >= 0.6 is 11.6 Å². The number of anilines is 1. The van der Waals surface area contributed by atoms with Crippen molar-refractivity contribution >= 4 is 41.0 Å². The lowest BCUT2D eigenvalue weighted by Gasteiger charge is -2.29. The molecule has 4 rings (SSSR count). The van der Waals surface area contributed by atoms with Crippen LogP contribution in [0, 0.1) is 0 Å². The van der Waals surface area contributed by atoms with Crippen molar-refractivity contribution in [2.24, 2.45) is 0 Å². The first kappa shape index (κ1) is 21.6. The fourth-order valence-electron chi connectivity index (χ4n) is 3.81. The fourth-order valence-corrected chi connectivity index (χ4v) is 4.07. The number of methoxy groups -OCH3 is 1. The predicted molar refractivity (Wildman–Crippen MR) is 116 cm³/mol. The number of piperidine rings is 1. The van der Waals surface area contributed by atoms with Gasteiger partial charge in [-0.3, -0.25) is 19.7 Å². The standard InChI is InChI=1S/C22H21ClN4O5/c1-32-18-6-4-14(9-16(18)23)25-22(31)24-10-12-2-3-13-11-27(21(30)15(13)8-12)17-5-7-19(28)26-20(17)29/h2-4,6,8-9,17H,5,7,10-11H2,1H3,(H2,24,25,31)(H,26,28,29). The summed E-state index contributed by atoms with van der Waals surface area (Å²) in [6.07, 6.45) is 0.522. The number of hydrogen-bond acceptors (Lipinski definition) is 5. The number of nitrogens with zero attached hydrogens (tertiary/aromatic N) is 1. The molecule has 0 bridgehead atoms. The minimum Gasteiger partial charge on any atom is -0.495 e. The minimum atomic E-state index is -0.656. The van der Waals surface area contributed by atoms with Crippen molar-refractivity contribution in [3.63, 3.8) is 0 Å². The molecule has 0 aromatic heterocycles. The molecule has 2 heterocycles. The van der Waals surface area contributed by atoms with E-state index in [4.69, 9.17) is 16.3 Å². The number of nitrogens with one attached hydrogen (secondary N) is 3. The SMILES string of the molecule is COc1ccc(NC(=O)NCc2ccc3c(c2)C(=O)N(C2CCC(=O)NC2=O)C3)cc1Cl. The van der Waals surface area contributed by atoms with Crippen molar-refractivity contribution in [1.82, 2.24) is 15.5 Å². The molecule has 0 aliphatic carbocycles. The number of imide groups is 1. The van der Waals surface area contributed by atoms with Crippen molar-refractivity contribution in [3.8, 4) is 5.75 Å². The van der Waals surface area contributed by atoms with Gasteiger partial charge in [-0.2, -0.15) is 0 Å². The van der Waals surface area contributed by atoms with Crippen LogP contribution < -0.4 is 20.7 Å². The van der Waals surface area contributed by atoms with Gasteiger partial charge in [0, 0.05) is 30.8 Å². The second-order valence-electron chi connectivity index (χ2n) is 7.55. The minimum absolute atomic E-state index is 0.203. The fraction of sp³-hybridized carbons (Fsp3) is 0.273. The second-order valence-corrected chi connectivity index (χ2v) is 7.96. The third-order valence-electron chi connectivity index (χ3n) is 5.46. The van der Waals surface area contributed by atoms with E-state index < -0.39 is 18.0 Å². The van der Waals surface area contributed by atoms with E-state index in [0.717, 1.165) is 11.1 Å². The monoisotopic (exact) mass is 456 g/mol. The molecule has 3 N–H and O–H groups in total. The highest BCUT2D eigenvalue weighted by Gasteiger charge is 2.39. The van der Waals surface area contributed by atoms with Crippen LogP contribution in [0.3, 0.4) is 0 Å². The number of amides is 5. The number of fused-ring (bicyclic) bond motifs is 1. The molecule has 2 aliphatic rings. The highest BCUT2D eigenvalue weighted by atomic mass is 35.5. The third-order valence-corrected chi connectivity index (χ3v) is 5.75. The summed E-state index contributed by atoms with van der Waals surface area (Å²) in [5, 5.41) is 8.09. The number of ether oxygens (including phenoxy) is 1. The van der Waals surface area contributed by atoms with Crippen LogP contribution in [0.15, 0.2) is 36.4 Å². The van der Waals surface area contributed by atoms with Gasteiger partial charge in [0.05, 0.1) is 12.1 Å². The van der Waals surface area contributed by atoms with Crippen LogP contribution in [0.2, 0.25) is 5.02 Å². The van der Waals surface area contributed by atoms with Crippen molar-refractivity contribution in [3.05, 3.63) is 58.1 Å². The van der Waals surface area contributed by atoms with Gasteiger partial charge in [0.1, 0.15) is 11.8 Å². The van der Waals surface area contributed by atoms with Gasteiger partial charge in [-0.05, 0) is 41.8 Å². The maximum Gasteiger partial charge on any atom is 0.319 e. The molecule has 2 aromatic carbocycles. The molecule has 1 saturated heterocycles. The lowest BCUT2D eigenvalue weighted by atomic mass is 10.0. The van der Waals surface area contributed by atoms with E-state index in [1.54, 1.807) is 24.3 Å². The first-order valence-corrected chi connectivity index (χ1v) is 10.4. The Labute approximate surface area is 189 Å². The number of benzene rings is 2. The van der Waals surface area contributed by atoms with Crippen LogP contribution in [0.1, 0.15) is 34.3 Å². The predicted octanol–water partition coefficient (Wildman–Crippen LogP) is 2.43. The quantitative estimate of drug-likeness (QED) is 0.597. The molecule has 0 saturated carbocycles. The number of carbonyl (C=O) groups excluding carboxylic acids is 4. The molecule has 9 nitrogen and oxygen atoms in total. The van der Waals surface area contributed by atoms with Crippen LogP contribution in [0.25, 0.3) is 0 Å². The largest absolute Gasteiger partial charge is 0.495 e. The summed E-state index contributed by atoms with van der Waals surface area (Å²) in [5.74, 6) is -0.515. The second kappa shape index (κ2) is 8.88. The Kier molecular flexibility index (Phi) is 6.00. The van der Waals surface area contributed by atoms with E-state index in [9.17, 15) is 19.2 Å². The van der Waals surface area contributed by atoms with Crippen LogP contribution in [-0.4, -0.2) is 41.8 Å². The topological polar surface area (TPSA) is 117 Å². The molecular weight excluding hydrogens is 436 g/mol. The molecule has 166 valence electrons. The summed E-state index contributed by atoms with van der Waals surface area (Å²) in [4.78, 5) is 50.1. The molecule has 2 aliphatic heterocycles. The van der Waals surface area contributed by atoms with Gasteiger partial charge in [-0.1, -0.05) is 23.7 Å². The third kappa shape index (κ3) is 4.38. The van der Waals surface area contributed by atoms with E-state index >= 15 is 0 Å². The van der Waals surface area contributed by atoms with Crippen molar-refractivity contribution in [1.29, 1.82) is 0 Å². The van der Waals surface area contributed by atoms with E-state index in [-0.39, 0.29) is 24.8 Å². The Hall–Kier alpha value is -3.59. The summed E-state index contributed by atoms with van der Waals surface area (Å²) in [5.41, 5.74) is 2.56.